The molecule has 0 fully saturated rings. The maximum absolute atomic E-state index is 3.84. The smallest absolute Gasteiger partial charge is 0.000962 e. The van der Waals surface area contributed by atoms with E-state index in [9.17, 15) is 0 Å². The Bertz CT molecular complexity index is 404. The van der Waals surface area contributed by atoms with E-state index in [1.165, 1.54) is 19.3 Å². The monoisotopic (exact) mass is 302 g/mol. The molecular weight excluding hydrogens is 264 g/mol. The summed E-state index contributed by atoms with van der Waals surface area (Å²) in [5, 5.41) is 0. The Balaban J connectivity index is 5.18. The van der Waals surface area contributed by atoms with Crippen LogP contribution in [-0.4, -0.2) is 0 Å². The minimum Gasteiger partial charge on any atom is -0.103 e. The summed E-state index contributed by atoms with van der Waals surface area (Å²) in [7, 11) is 0. The average Bonchev–Trinajstić information content (AvgIpc) is 2.55. The van der Waals surface area contributed by atoms with Gasteiger partial charge in [-0.1, -0.05) is 67.7 Å². The zero-order valence-corrected chi connectivity index (χ0v) is 16.0. The Labute approximate surface area is 140 Å². The summed E-state index contributed by atoms with van der Waals surface area (Å²) in [6.07, 6.45) is 15.1. The normalized spacial score (nSPS) is 15.5. The molecule has 126 valence electrons. The van der Waals surface area contributed by atoms with Crippen molar-refractivity contribution in [1.82, 2.24) is 0 Å². The van der Waals surface area contributed by atoms with E-state index in [0.29, 0.717) is 5.92 Å². The second-order valence-corrected chi connectivity index (χ2v) is 6.27. The summed E-state index contributed by atoms with van der Waals surface area (Å²) >= 11 is 0. The highest BCUT2D eigenvalue weighted by molar-refractivity contribution is 5.26. The van der Waals surface area contributed by atoms with Crippen LogP contribution in [0.3, 0.4) is 0 Å². The first-order valence-electron chi connectivity index (χ1n) is 9.15. The van der Waals surface area contributed by atoms with Gasteiger partial charge < -0.3 is 0 Å². The van der Waals surface area contributed by atoms with Gasteiger partial charge in [-0.3, -0.25) is 0 Å². The van der Waals surface area contributed by atoms with E-state index in [1.54, 1.807) is 22.3 Å². The third kappa shape index (κ3) is 7.29. The highest BCUT2D eigenvalue weighted by Gasteiger charge is 2.15. The highest BCUT2D eigenvalue weighted by Crippen LogP contribution is 2.31. The van der Waals surface area contributed by atoms with Crippen molar-refractivity contribution < 1.29 is 0 Å². The Kier molecular flexibility index (Phi) is 11.9. The molecule has 0 amide bonds. The molecule has 0 heterocycles. The fraction of sp³-hybridized carbons (Fsp3) is 0.636. The molecule has 0 aliphatic heterocycles. The Morgan fingerprint density at radius 2 is 1.77 bits per heavy atom. The molecule has 22 heavy (non-hydrogen) atoms. The minimum atomic E-state index is 0.628. The zero-order valence-electron chi connectivity index (χ0n) is 16.0. The molecule has 0 aromatic rings. The summed E-state index contributed by atoms with van der Waals surface area (Å²) in [5.74, 6) is 0.628. The van der Waals surface area contributed by atoms with Crippen molar-refractivity contribution in [2.75, 3.05) is 0 Å². The standard InChI is InChI=1S/C22H38/c1-8-13-15-20(11-4)16-17-21(12-5)22(14-9-2)19(7)18(6)10-3/h8,12,16,22H,1,9-11,13-15,17H2,2-7H3. The zero-order chi connectivity index (χ0) is 17.0. The molecule has 0 aromatic carbocycles. The summed E-state index contributed by atoms with van der Waals surface area (Å²) < 4.78 is 0. The van der Waals surface area contributed by atoms with E-state index in [1.807, 2.05) is 6.08 Å². The Morgan fingerprint density at radius 1 is 1.09 bits per heavy atom. The molecule has 0 spiro atoms. The second-order valence-electron chi connectivity index (χ2n) is 6.27. The van der Waals surface area contributed by atoms with Gasteiger partial charge in [0.25, 0.3) is 0 Å². The van der Waals surface area contributed by atoms with Crippen molar-refractivity contribution >= 4 is 0 Å². The van der Waals surface area contributed by atoms with Crippen LogP contribution in [0.25, 0.3) is 0 Å². The maximum Gasteiger partial charge on any atom is 0.000962 e. The van der Waals surface area contributed by atoms with E-state index in [4.69, 9.17) is 0 Å². The van der Waals surface area contributed by atoms with Crippen LogP contribution >= 0.6 is 0 Å². The molecule has 0 heteroatoms. The second kappa shape index (κ2) is 12.5. The van der Waals surface area contributed by atoms with Gasteiger partial charge in [-0.05, 0) is 59.3 Å². The lowest BCUT2D eigenvalue weighted by Crippen LogP contribution is -2.08. The van der Waals surface area contributed by atoms with E-state index in [0.717, 1.165) is 25.7 Å². The van der Waals surface area contributed by atoms with E-state index >= 15 is 0 Å². The van der Waals surface area contributed by atoms with Gasteiger partial charge in [0.1, 0.15) is 0 Å². The van der Waals surface area contributed by atoms with Crippen molar-refractivity contribution in [3.8, 4) is 0 Å². The third-order valence-corrected chi connectivity index (χ3v) is 4.87. The molecule has 0 radical (unpaired) electrons. The number of allylic oxidation sites excluding steroid dienone is 7. The predicted octanol–water partition coefficient (Wildman–Crippen LogP) is 7.79. The molecule has 0 N–H and O–H groups in total. The van der Waals surface area contributed by atoms with Crippen LogP contribution in [0.5, 0.6) is 0 Å². The van der Waals surface area contributed by atoms with Gasteiger partial charge in [0, 0.05) is 5.92 Å². The highest BCUT2D eigenvalue weighted by atomic mass is 14.2. The maximum atomic E-state index is 3.84. The van der Waals surface area contributed by atoms with Gasteiger partial charge >= 0.3 is 0 Å². The largest absolute Gasteiger partial charge is 0.103 e. The fourth-order valence-electron chi connectivity index (χ4n) is 2.98. The number of hydrogen-bond acceptors (Lipinski definition) is 0. The molecule has 0 saturated heterocycles. The number of hydrogen-bond donors (Lipinski definition) is 0. The van der Waals surface area contributed by atoms with Crippen LogP contribution in [-0.2, 0) is 0 Å². The van der Waals surface area contributed by atoms with E-state index < -0.39 is 0 Å². The van der Waals surface area contributed by atoms with Crippen LogP contribution in [0.4, 0.5) is 0 Å². The molecule has 0 nitrogen and oxygen atoms in total. The van der Waals surface area contributed by atoms with Gasteiger partial charge in [0.2, 0.25) is 0 Å². The topological polar surface area (TPSA) is 0 Å². The molecule has 0 rings (SSSR count). The first-order valence-corrected chi connectivity index (χ1v) is 9.15. The van der Waals surface area contributed by atoms with Crippen molar-refractivity contribution in [2.24, 2.45) is 5.92 Å². The molecule has 0 aliphatic rings. The lowest BCUT2D eigenvalue weighted by Gasteiger charge is -2.23. The van der Waals surface area contributed by atoms with Gasteiger partial charge in [0.05, 0.1) is 0 Å². The van der Waals surface area contributed by atoms with Gasteiger partial charge in [0.15, 0.2) is 0 Å². The summed E-state index contributed by atoms with van der Waals surface area (Å²) in [4.78, 5) is 0. The van der Waals surface area contributed by atoms with Crippen LogP contribution in [0, 0.1) is 5.92 Å². The quantitative estimate of drug-likeness (QED) is 0.342. The molecule has 1 atom stereocenters. The SMILES string of the molecule is C=CCCC(=CCC(=CC)C(CCC)C(C)=C(C)CC)CC. The van der Waals surface area contributed by atoms with Crippen molar-refractivity contribution in [3.05, 3.63) is 47.1 Å². The molecule has 1 unspecified atom stereocenters. The van der Waals surface area contributed by atoms with Gasteiger partial charge in [-0.15, -0.1) is 6.58 Å². The first-order chi connectivity index (χ1) is 10.5. The molecule has 0 saturated carbocycles. The van der Waals surface area contributed by atoms with Crippen LogP contribution in [0.2, 0.25) is 0 Å². The van der Waals surface area contributed by atoms with E-state index in [2.05, 4.69) is 60.3 Å². The molecule has 0 aliphatic carbocycles. The predicted molar refractivity (Wildman–Crippen MR) is 103 cm³/mol. The van der Waals surface area contributed by atoms with Crippen molar-refractivity contribution in [1.29, 1.82) is 0 Å². The summed E-state index contributed by atoms with van der Waals surface area (Å²) in [6.45, 7) is 17.5. The third-order valence-electron chi connectivity index (χ3n) is 4.87. The minimum absolute atomic E-state index is 0.628. The Morgan fingerprint density at radius 3 is 2.23 bits per heavy atom. The molecule has 0 aromatic heterocycles. The summed E-state index contributed by atoms with van der Waals surface area (Å²) in [6, 6.07) is 0. The summed E-state index contributed by atoms with van der Waals surface area (Å²) in [5.41, 5.74) is 6.32. The van der Waals surface area contributed by atoms with E-state index in [-0.39, 0.29) is 0 Å². The van der Waals surface area contributed by atoms with Gasteiger partial charge in [-0.2, -0.15) is 0 Å². The van der Waals surface area contributed by atoms with Gasteiger partial charge in [-0.25, -0.2) is 0 Å². The average molecular weight is 303 g/mol. The fourth-order valence-corrected chi connectivity index (χ4v) is 2.98. The molecular formula is C22H38. The number of rotatable bonds is 11. The van der Waals surface area contributed by atoms with Crippen LogP contribution in [0.1, 0.15) is 86.5 Å². The lowest BCUT2D eigenvalue weighted by atomic mass is 9.83. The lowest BCUT2D eigenvalue weighted by molar-refractivity contribution is 0.606. The van der Waals surface area contributed by atoms with Crippen LogP contribution < -0.4 is 0 Å². The Hall–Kier alpha value is -1.04. The molecule has 0 bridgehead atoms. The van der Waals surface area contributed by atoms with Crippen LogP contribution in [0.15, 0.2) is 47.1 Å². The van der Waals surface area contributed by atoms with Crippen molar-refractivity contribution in [3.63, 3.8) is 0 Å². The first kappa shape index (κ1) is 21.0. The van der Waals surface area contributed by atoms with Crippen molar-refractivity contribution in [2.45, 2.75) is 86.5 Å².